The van der Waals surface area contributed by atoms with E-state index in [4.69, 9.17) is 0 Å². The lowest BCUT2D eigenvalue weighted by atomic mass is 10.3. The van der Waals surface area contributed by atoms with Crippen molar-refractivity contribution in [1.29, 1.82) is 0 Å². The minimum atomic E-state index is 0.889. The highest BCUT2D eigenvalue weighted by Gasteiger charge is 2.01. The van der Waals surface area contributed by atoms with Gasteiger partial charge < -0.3 is 9.88 Å². The van der Waals surface area contributed by atoms with Gasteiger partial charge in [-0.05, 0) is 19.1 Å². The number of rotatable bonds is 5. The van der Waals surface area contributed by atoms with Crippen molar-refractivity contribution in [3.8, 4) is 0 Å². The van der Waals surface area contributed by atoms with Gasteiger partial charge in [-0.2, -0.15) is 0 Å². The molecule has 1 N–H and O–H groups in total. The molecule has 0 aromatic carbocycles. The van der Waals surface area contributed by atoms with Crippen LogP contribution in [0.2, 0.25) is 0 Å². The molecule has 0 bridgehead atoms. The Morgan fingerprint density at radius 2 is 2.19 bits per heavy atom. The Morgan fingerprint density at radius 3 is 2.94 bits per heavy atom. The Bertz CT molecular complexity index is 422. The zero-order chi connectivity index (χ0) is 11.2. The van der Waals surface area contributed by atoms with Crippen LogP contribution in [0.3, 0.4) is 0 Å². The predicted octanol–water partition coefficient (Wildman–Crippen LogP) is 1.95. The van der Waals surface area contributed by atoms with Crippen LogP contribution in [0.5, 0.6) is 0 Å². The minimum Gasteiger partial charge on any atom is -0.356 e. The zero-order valence-electron chi connectivity index (χ0n) is 9.43. The minimum absolute atomic E-state index is 0.889. The Labute approximate surface area is 95.4 Å². The molecular formula is C12H16N4. The van der Waals surface area contributed by atoms with Crippen molar-refractivity contribution in [2.45, 2.75) is 19.9 Å². The van der Waals surface area contributed by atoms with Crippen molar-refractivity contribution in [2.75, 3.05) is 11.9 Å². The van der Waals surface area contributed by atoms with Crippen LogP contribution in [-0.2, 0) is 13.0 Å². The first-order valence-corrected chi connectivity index (χ1v) is 5.55. The Balaban J connectivity index is 1.97. The fourth-order valence-electron chi connectivity index (χ4n) is 1.60. The molecule has 0 aliphatic rings. The Morgan fingerprint density at radius 1 is 1.25 bits per heavy atom. The second kappa shape index (κ2) is 5.30. The molecule has 0 radical (unpaired) electrons. The molecule has 0 fully saturated rings. The van der Waals surface area contributed by atoms with Crippen LogP contribution in [0.4, 0.5) is 5.95 Å². The molecule has 0 aliphatic carbocycles. The quantitative estimate of drug-likeness (QED) is 0.830. The van der Waals surface area contributed by atoms with Crippen LogP contribution in [0.1, 0.15) is 12.6 Å². The van der Waals surface area contributed by atoms with E-state index in [-0.39, 0.29) is 0 Å². The molecule has 16 heavy (non-hydrogen) atoms. The predicted molar refractivity (Wildman–Crippen MR) is 64.3 cm³/mol. The van der Waals surface area contributed by atoms with Crippen molar-refractivity contribution in [1.82, 2.24) is 14.5 Å². The molecule has 0 atom stereocenters. The molecular weight excluding hydrogens is 200 g/mol. The summed E-state index contributed by atoms with van der Waals surface area (Å²) in [6.45, 7) is 3.86. The number of aromatic nitrogens is 3. The molecule has 2 aromatic rings. The molecule has 0 saturated heterocycles. The van der Waals surface area contributed by atoms with Crippen LogP contribution >= 0.6 is 0 Å². The topological polar surface area (TPSA) is 42.7 Å². The van der Waals surface area contributed by atoms with E-state index in [1.165, 1.54) is 0 Å². The van der Waals surface area contributed by atoms with E-state index in [0.29, 0.717) is 0 Å². The van der Waals surface area contributed by atoms with Crippen molar-refractivity contribution in [2.24, 2.45) is 0 Å². The number of anilines is 1. The maximum absolute atomic E-state index is 4.30. The first-order valence-electron chi connectivity index (χ1n) is 5.55. The summed E-state index contributed by atoms with van der Waals surface area (Å²) < 4.78 is 2.11. The Kier molecular flexibility index (Phi) is 3.53. The van der Waals surface area contributed by atoms with E-state index < -0.39 is 0 Å². The standard InChI is InChI=1S/C12H16N4/c1-2-13-12-15-8-10-16(12)9-6-11-5-3-4-7-14-11/h3-5,7-8,10H,2,6,9H2,1H3,(H,13,15). The van der Waals surface area contributed by atoms with Gasteiger partial charge in [-0.3, -0.25) is 4.98 Å². The van der Waals surface area contributed by atoms with Crippen LogP contribution in [0, 0.1) is 0 Å². The number of pyridine rings is 1. The molecule has 0 saturated carbocycles. The lowest BCUT2D eigenvalue weighted by Crippen LogP contribution is -2.08. The zero-order valence-corrected chi connectivity index (χ0v) is 9.43. The maximum atomic E-state index is 4.30. The van der Waals surface area contributed by atoms with Gasteiger partial charge in [0.2, 0.25) is 5.95 Å². The highest BCUT2D eigenvalue weighted by Crippen LogP contribution is 2.05. The second-order valence-corrected chi connectivity index (χ2v) is 3.55. The summed E-state index contributed by atoms with van der Waals surface area (Å²) in [6.07, 6.45) is 6.56. The first-order chi connectivity index (χ1) is 7.90. The summed E-state index contributed by atoms with van der Waals surface area (Å²) in [7, 11) is 0. The average molecular weight is 216 g/mol. The van der Waals surface area contributed by atoms with E-state index >= 15 is 0 Å². The molecule has 84 valence electrons. The fourth-order valence-corrected chi connectivity index (χ4v) is 1.60. The van der Waals surface area contributed by atoms with E-state index in [1.54, 1.807) is 0 Å². The lowest BCUT2D eigenvalue weighted by molar-refractivity contribution is 0.689. The molecule has 0 spiro atoms. The third-order valence-corrected chi connectivity index (χ3v) is 2.39. The number of hydrogen-bond donors (Lipinski definition) is 1. The van der Waals surface area contributed by atoms with Gasteiger partial charge in [0.05, 0.1) is 0 Å². The number of hydrogen-bond acceptors (Lipinski definition) is 3. The SMILES string of the molecule is CCNc1nccn1CCc1ccccn1. The van der Waals surface area contributed by atoms with Crippen molar-refractivity contribution in [3.63, 3.8) is 0 Å². The van der Waals surface area contributed by atoms with E-state index in [1.807, 2.05) is 36.8 Å². The summed E-state index contributed by atoms with van der Waals surface area (Å²) >= 11 is 0. The number of nitrogens with one attached hydrogen (secondary N) is 1. The summed E-state index contributed by atoms with van der Waals surface area (Å²) in [4.78, 5) is 8.55. The smallest absolute Gasteiger partial charge is 0.202 e. The monoisotopic (exact) mass is 216 g/mol. The van der Waals surface area contributed by atoms with Gasteiger partial charge in [-0.1, -0.05) is 6.07 Å². The van der Waals surface area contributed by atoms with Crippen molar-refractivity contribution >= 4 is 5.95 Å². The summed E-state index contributed by atoms with van der Waals surface area (Å²) in [6, 6.07) is 6.00. The summed E-state index contributed by atoms with van der Waals surface area (Å²) in [5.41, 5.74) is 1.11. The third kappa shape index (κ3) is 2.59. The molecule has 2 heterocycles. The van der Waals surface area contributed by atoms with Crippen LogP contribution in [-0.4, -0.2) is 21.1 Å². The normalized spacial score (nSPS) is 10.3. The van der Waals surface area contributed by atoms with E-state index in [9.17, 15) is 0 Å². The van der Waals surface area contributed by atoms with Gasteiger partial charge in [0.25, 0.3) is 0 Å². The van der Waals surface area contributed by atoms with Gasteiger partial charge in [-0.15, -0.1) is 0 Å². The van der Waals surface area contributed by atoms with Crippen molar-refractivity contribution in [3.05, 3.63) is 42.5 Å². The van der Waals surface area contributed by atoms with Gasteiger partial charge in [0.1, 0.15) is 0 Å². The van der Waals surface area contributed by atoms with E-state index in [2.05, 4.69) is 26.8 Å². The van der Waals surface area contributed by atoms with Gasteiger partial charge in [-0.25, -0.2) is 4.98 Å². The highest BCUT2D eigenvalue weighted by atomic mass is 15.2. The number of imidazole rings is 1. The molecule has 0 unspecified atom stereocenters. The summed E-state index contributed by atoms with van der Waals surface area (Å²) in [5.74, 6) is 0.929. The van der Waals surface area contributed by atoms with E-state index in [0.717, 1.165) is 31.2 Å². The molecule has 0 amide bonds. The maximum Gasteiger partial charge on any atom is 0.202 e. The van der Waals surface area contributed by atoms with Crippen LogP contribution in [0.25, 0.3) is 0 Å². The fraction of sp³-hybridized carbons (Fsp3) is 0.333. The Hall–Kier alpha value is -1.84. The number of aryl methyl sites for hydroxylation is 2. The lowest BCUT2D eigenvalue weighted by Gasteiger charge is -2.07. The van der Waals surface area contributed by atoms with Crippen molar-refractivity contribution < 1.29 is 0 Å². The number of nitrogens with zero attached hydrogens (tertiary/aromatic N) is 3. The first kappa shape index (κ1) is 10.7. The van der Waals surface area contributed by atoms with Gasteiger partial charge in [0.15, 0.2) is 0 Å². The molecule has 0 aliphatic heterocycles. The van der Waals surface area contributed by atoms with Gasteiger partial charge in [0, 0.05) is 43.8 Å². The molecule has 4 heteroatoms. The van der Waals surface area contributed by atoms with Gasteiger partial charge >= 0.3 is 0 Å². The third-order valence-electron chi connectivity index (χ3n) is 2.39. The molecule has 2 rings (SSSR count). The van der Waals surface area contributed by atoms with Crippen LogP contribution in [0.15, 0.2) is 36.8 Å². The molecule has 4 nitrogen and oxygen atoms in total. The largest absolute Gasteiger partial charge is 0.356 e. The van der Waals surface area contributed by atoms with Crippen LogP contribution < -0.4 is 5.32 Å². The highest BCUT2D eigenvalue weighted by molar-refractivity contribution is 5.25. The molecule has 2 aromatic heterocycles. The second-order valence-electron chi connectivity index (χ2n) is 3.55. The average Bonchev–Trinajstić information content (AvgIpc) is 2.76. The summed E-state index contributed by atoms with van der Waals surface area (Å²) in [5, 5.41) is 3.22.